The van der Waals surface area contributed by atoms with E-state index < -0.39 is 49.2 Å². The van der Waals surface area contributed by atoms with Crippen molar-refractivity contribution in [1.29, 1.82) is 0 Å². The Bertz CT molecular complexity index is 616. The van der Waals surface area contributed by atoms with E-state index in [2.05, 4.69) is 0 Å². The average Bonchev–Trinajstić information content (AvgIpc) is 3.31. The smallest absolute Gasteiger partial charge is 0.158 e. The van der Waals surface area contributed by atoms with E-state index in [1.54, 1.807) is 0 Å². The van der Waals surface area contributed by atoms with E-state index in [0.29, 0.717) is 0 Å². The summed E-state index contributed by atoms with van der Waals surface area (Å²) in [6.45, 7) is 0.258. The average molecular weight is 557 g/mol. The zero-order valence-corrected chi connectivity index (χ0v) is 21.6. The van der Waals surface area contributed by atoms with Crippen molar-refractivity contribution in [3.63, 3.8) is 0 Å². The molecule has 3 saturated heterocycles. The van der Waals surface area contributed by atoms with Gasteiger partial charge in [-0.05, 0) is 25.7 Å². The van der Waals surface area contributed by atoms with Gasteiger partial charge in [-0.25, -0.2) is 0 Å². The first kappa shape index (κ1) is 33.6. The van der Waals surface area contributed by atoms with E-state index in [1.165, 1.54) is 0 Å². The van der Waals surface area contributed by atoms with Crippen molar-refractivity contribution in [3.05, 3.63) is 0 Å². The first-order chi connectivity index (χ1) is 18.0. The minimum absolute atomic E-state index is 0.0394. The minimum atomic E-state index is -1.01. The van der Waals surface area contributed by atoms with Crippen LogP contribution in [0.4, 0.5) is 0 Å². The van der Waals surface area contributed by atoms with Crippen LogP contribution in [0.2, 0.25) is 0 Å². The normalized spacial score (nSPS) is 45.4. The molecule has 0 bridgehead atoms. The summed E-state index contributed by atoms with van der Waals surface area (Å²) in [5, 5.41) is 63.4. The van der Waals surface area contributed by atoms with Crippen molar-refractivity contribution >= 4 is 0 Å². The Morgan fingerprint density at radius 1 is 0.658 bits per heavy atom. The number of nitrogens with two attached hydrogens (primary N) is 4. The summed E-state index contributed by atoms with van der Waals surface area (Å²) in [6.07, 6.45) is -2.91. The summed E-state index contributed by atoms with van der Waals surface area (Å²) in [7, 11) is 0. The highest BCUT2D eigenvalue weighted by molar-refractivity contribution is 4.85. The van der Waals surface area contributed by atoms with Crippen LogP contribution in [0.3, 0.4) is 0 Å². The SMILES string of the molecule is NC1CC(N)CC(OC2CCC(CO)O2)C1.NCC1O[C@H](O)CC(O)[C@@H]1O.NC[C@@H]1O[C@H](O)CC(O)[C@@H]1O. The summed E-state index contributed by atoms with van der Waals surface area (Å²) in [5.74, 6) is 0. The summed E-state index contributed by atoms with van der Waals surface area (Å²) in [6, 6.07) is 0.285. The molecule has 0 spiro atoms. The zero-order chi connectivity index (χ0) is 28.4. The Kier molecular flexibility index (Phi) is 14.7. The molecule has 4 fully saturated rings. The lowest BCUT2D eigenvalue weighted by Gasteiger charge is -2.34. The monoisotopic (exact) mass is 556 g/mol. The van der Waals surface area contributed by atoms with Crippen LogP contribution in [-0.4, -0.2) is 135 Å². The van der Waals surface area contributed by atoms with E-state index in [1.807, 2.05) is 0 Å². The zero-order valence-electron chi connectivity index (χ0n) is 21.6. The van der Waals surface area contributed by atoms with Crippen LogP contribution in [0.25, 0.3) is 0 Å². The Morgan fingerprint density at radius 3 is 1.53 bits per heavy atom. The predicted molar refractivity (Wildman–Crippen MR) is 133 cm³/mol. The third-order valence-electron chi connectivity index (χ3n) is 6.92. The molecule has 15 nitrogen and oxygen atoms in total. The Hall–Kier alpha value is -0.600. The van der Waals surface area contributed by atoms with Gasteiger partial charge in [0.15, 0.2) is 18.9 Å². The van der Waals surface area contributed by atoms with Crippen LogP contribution in [0, 0.1) is 0 Å². The summed E-state index contributed by atoms with van der Waals surface area (Å²) >= 11 is 0. The second kappa shape index (κ2) is 16.6. The standard InChI is InChI=1S/C11H22N2O3.2C6H13NO4/c12-7-3-8(13)5-10(4-7)16-11-2-1-9(6-14)15-11;2*7-2-4-6(10)3(8)1-5(9)11-4/h7-11,14H,1-6,12-13H2;2*3-6,8-10H,1-2,7H2/t;3?,4?,5-,6-;3?,4-,5-,6-/m.00/s1. The van der Waals surface area contributed by atoms with Gasteiger partial charge in [-0.1, -0.05) is 0 Å². The summed E-state index contributed by atoms with van der Waals surface area (Å²) < 4.78 is 21.0. The highest BCUT2D eigenvalue weighted by Crippen LogP contribution is 2.26. The van der Waals surface area contributed by atoms with Crippen molar-refractivity contribution in [2.45, 2.75) is 125 Å². The topological polar surface area (TPSA) is 283 Å². The van der Waals surface area contributed by atoms with Gasteiger partial charge in [-0.2, -0.15) is 0 Å². The third kappa shape index (κ3) is 10.8. The molecule has 4 rings (SSSR count). The van der Waals surface area contributed by atoms with Crippen LogP contribution in [0.15, 0.2) is 0 Å². The first-order valence-electron chi connectivity index (χ1n) is 13.2. The Balaban J connectivity index is 0.000000206. The molecule has 0 aromatic rings. The van der Waals surface area contributed by atoms with Crippen molar-refractivity contribution in [3.8, 4) is 0 Å². The maximum Gasteiger partial charge on any atom is 0.158 e. The van der Waals surface area contributed by atoms with Gasteiger partial charge in [-0.15, -0.1) is 0 Å². The molecule has 226 valence electrons. The molecule has 15 N–H and O–H groups in total. The van der Waals surface area contributed by atoms with Crippen LogP contribution in [0.5, 0.6) is 0 Å². The van der Waals surface area contributed by atoms with Crippen LogP contribution in [0.1, 0.15) is 44.9 Å². The number of aliphatic hydroxyl groups excluding tert-OH is 7. The fourth-order valence-corrected chi connectivity index (χ4v) is 4.84. The predicted octanol–water partition coefficient (Wildman–Crippen LogP) is -4.74. The molecule has 3 aliphatic heterocycles. The molecule has 3 heterocycles. The quantitative estimate of drug-likeness (QED) is 0.152. The second-order valence-corrected chi connectivity index (χ2v) is 10.2. The molecule has 7 unspecified atom stereocenters. The lowest BCUT2D eigenvalue weighted by atomic mass is 9.90. The van der Waals surface area contributed by atoms with Crippen LogP contribution in [-0.2, 0) is 18.9 Å². The molecule has 0 aromatic carbocycles. The van der Waals surface area contributed by atoms with E-state index >= 15 is 0 Å². The van der Waals surface area contributed by atoms with Crippen molar-refractivity contribution in [2.75, 3.05) is 19.7 Å². The number of hydrogen-bond acceptors (Lipinski definition) is 15. The molecular formula is C23H48N4O11. The largest absolute Gasteiger partial charge is 0.394 e. The fourth-order valence-electron chi connectivity index (χ4n) is 4.84. The van der Waals surface area contributed by atoms with E-state index in [-0.39, 0.29) is 63.1 Å². The van der Waals surface area contributed by atoms with Crippen LogP contribution >= 0.6 is 0 Å². The number of rotatable bonds is 5. The van der Waals surface area contributed by atoms with Gasteiger partial charge >= 0.3 is 0 Å². The molecule has 0 radical (unpaired) electrons. The van der Waals surface area contributed by atoms with Gasteiger partial charge in [-0.3, -0.25) is 0 Å². The fraction of sp³-hybridized carbons (Fsp3) is 1.00. The third-order valence-corrected chi connectivity index (χ3v) is 6.92. The van der Waals surface area contributed by atoms with Crippen molar-refractivity contribution < 1.29 is 54.7 Å². The molecule has 0 amide bonds. The molecule has 38 heavy (non-hydrogen) atoms. The van der Waals surface area contributed by atoms with E-state index in [9.17, 15) is 10.2 Å². The van der Waals surface area contributed by atoms with E-state index in [0.717, 1.165) is 32.1 Å². The molecule has 12 atom stereocenters. The molecular weight excluding hydrogens is 508 g/mol. The summed E-state index contributed by atoms with van der Waals surface area (Å²) in [5.41, 5.74) is 22.2. The first-order valence-corrected chi connectivity index (χ1v) is 13.2. The van der Waals surface area contributed by atoms with Crippen molar-refractivity contribution in [1.82, 2.24) is 0 Å². The van der Waals surface area contributed by atoms with Gasteiger partial charge in [0.1, 0.15) is 24.4 Å². The minimum Gasteiger partial charge on any atom is -0.394 e. The summed E-state index contributed by atoms with van der Waals surface area (Å²) in [4.78, 5) is 0. The van der Waals surface area contributed by atoms with Crippen molar-refractivity contribution in [2.24, 2.45) is 22.9 Å². The Morgan fingerprint density at radius 2 is 1.13 bits per heavy atom. The highest BCUT2D eigenvalue weighted by atomic mass is 16.7. The molecule has 1 aliphatic carbocycles. The molecule has 0 aromatic heterocycles. The maximum atomic E-state index is 9.19. The second-order valence-electron chi connectivity index (χ2n) is 10.2. The van der Waals surface area contributed by atoms with Gasteiger partial charge in [0, 0.05) is 44.4 Å². The Labute approximate surface area is 222 Å². The number of aliphatic hydroxyl groups is 7. The number of ether oxygens (including phenoxy) is 4. The van der Waals surface area contributed by atoms with E-state index in [4.69, 9.17) is 67.4 Å². The molecule has 4 aliphatic rings. The van der Waals surface area contributed by atoms with Gasteiger partial charge in [0.2, 0.25) is 0 Å². The van der Waals surface area contributed by atoms with Crippen LogP contribution < -0.4 is 22.9 Å². The van der Waals surface area contributed by atoms with Gasteiger partial charge in [0.05, 0.1) is 31.0 Å². The maximum absolute atomic E-state index is 9.19. The molecule has 15 heteroatoms. The van der Waals surface area contributed by atoms with Gasteiger partial charge in [0.25, 0.3) is 0 Å². The number of hydrogen-bond donors (Lipinski definition) is 11. The lowest BCUT2D eigenvalue weighted by Crippen LogP contribution is -2.51. The lowest BCUT2D eigenvalue weighted by molar-refractivity contribution is -0.229. The highest BCUT2D eigenvalue weighted by Gasteiger charge is 2.36. The van der Waals surface area contributed by atoms with Gasteiger partial charge < -0.3 is 77.6 Å². The molecule has 1 saturated carbocycles.